The van der Waals surface area contributed by atoms with E-state index in [0.717, 1.165) is 0 Å². The van der Waals surface area contributed by atoms with Gasteiger partial charge in [-0.25, -0.2) is 0 Å². The fourth-order valence-corrected chi connectivity index (χ4v) is 1.51. The standard InChI is InChI=1S/C13H12.H2/c1-11-7-5-6-10-13(11)12-8-3-2-4-9-12;/h2-10H,1H3;1H/i;1+1. The van der Waals surface area contributed by atoms with Gasteiger partial charge in [-0.15, -0.1) is 0 Å². The molecule has 66 valence electrons. The lowest BCUT2D eigenvalue weighted by atomic mass is 10.0. The zero-order valence-electron chi connectivity index (χ0n) is 7.70. The lowest BCUT2D eigenvalue weighted by molar-refractivity contribution is 1.46. The van der Waals surface area contributed by atoms with Crippen LogP contribution in [-0.2, 0) is 0 Å². The minimum Gasteiger partial charge on any atom is -0.0622 e. The molecule has 0 nitrogen and oxygen atoms in total. The van der Waals surface area contributed by atoms with Crippen LogP contribution >= 0.6 is 0 Å². The average Bonchev–Trinajstić information content (AvgIpc) is 2.20. The van der Waals surface area contributed by atoms with E-state index < -0.39 is 0 Å². The fourth-order valence-electron chi connectivity index (χ4n) is 1.51. The molecule has 0 saturated carbocycles. The predicted molar refractivity (Wildman–Crippen MR) is 58.7 cm³/mol. The predicted octanol–water partition coefficient (Wildman–Crippen LogP) is 3.91. The van der Waals surface area contributed by atoms with E-state index in [-0.39, 0.29) is 1.43 Å². The highest BCUT2D eigenvalue weighted by atomic mass is 14.0. The maximum Gasteiger partial charge on any atom is 0 e. The first-order valence-electron chi connectivity index (χ1n) is 4.49. The minimum absolute atomic E-state index is 0. The summed E-state index contributed by atoms with van der Waals surface area (Å²) < 4.78 is 0. The first kappa shape index (κ1) is 8.06. The van der Waals surface area contributed by atoms with E-state index in [4.69, 9.17) is 0 Å². The third kappa shape index (κ3) is 1.62. The SMILES string of the molecule is Cc1ccccc1-c1ccccc1.[2HH]. The molecule has 0 fully saturated rings. The molecule has 0 aliphatic heterocycles. The van der Waals surface area contributed by atoms with Crippen LogP contribution in [0, 0.1) is 6.92 Å². The molecule has 0 heteroatoms. The molecule has 0 aromatic heterocycles. The molecule has 0 heterocycles. The van der Waals surface area contributed by atoms with Crippen molar-refractivity contribution >= 4 is 0 Å². The molecule has 0 aliphatic carbocycles. The van der Waals surface area contributed by atoms with Gasteiger partial charge < -0.3 is 0 Å². The third-order valence-electron chi connectivity index (χ3n) is 2.23. The summed E-state index contributed by atoms with van der Waals surface area (Å²) >= 11 is 0. The van der Waals surface area contributed by atoms with E-state index in [0.29, 0.717) is 0 Å². The molecular weight excluding hydrogens is 156 g/mol. The van der Waals surface area contributed by atoms with Crippen molar-refractivity contribution in [1.29, 1.82) is 0 Å². The Morgan fingerprint density at radius 1 is 0.769 bits per heavy atom. The third-order valence-corrected chi connectivity index (χ3v) is 2.23. The van der Waals surface area contributed by atoms with Crippen LogP contribution in [0.2, 0.25) is 0 Å². The van der Waals surface area contributed by atoms with Gasteiger partial charge in [0.05, 0.1) is 0 Å². The molecule has 2 rings (SSSR count). The molecule has 0 N–H and O–H groups in total. The summed E-state index contributed by atoms with van der Waals surface area (Å²) in [5.74, 6) is 0. The molecule has 0 atom stereocenters. The van der Waals surface area contributed by atoms with Gasteiger partial charge in [-0.2, -0.15) is 0 Å². The number of hydrogen-bond donors (Lipinski definition) is 0. The van der Waals surface area contributed by atoms with Gasteiger partial charge in [0, 0.05) is 1.43 Å². The van der Waals surface area contributed by atoms with E-state index in [1.165, 1.54) is 16.7 Å². The highest BCUT2D eigenvalue weighted by Gasteiger charge is 1.97. The van der Waals surface area contributed by atoms with Crippen LogP contribution in [0.4, 0.5) is 0 Å². The zero-order chi connectivity index (χ0) is 9.10. The molecule has 0 amide bonds. The van der Waals surface area contributed by atoms with Crippen LogP contribution in [-0.4, -0.2) is 0 Å². The Balaban J connectivity index is 0.000000980. The number of hydrogen-bond acceptors (Lipinski definition) is 0. The van der Waals surface area contributed by atoms with Gasteiger partial charge in [-0.3, -0.25) is 0 Å². The molecule has 0 aliphatic rings. The number of aryl methyl sites for hydroxylation is 1. The van der Waals surface area contributed by atoms with Crippen LogP contribution < -0.4 is 0 Å². The molecule has 0 saturated heterocycles. The topological polar surface area (TPSA) is 0 Å². The molecule has 0 radical (unpaired) electrons. The largest absolute Gasteiger partial charge is 0.0622 e. The highest BCUT2D eigenvalue weighted by molar-refractivity contribution is 5.66. The normalized spacial score (nSPS) is 9.92. The lowest BCUT2D eigenvalue weighted by Crippen LogP contribution is -1.80. The molecule has 2 aromatic carbocycles. The first-order chi connectivity index (χ1) is 6.38. The zero-order valence-corrected chi connectivity index (χ0v) is 7.70. The van der Waals surface area contributed by atoms with Crippen LogP contribution in [0.25, 0.3) is 11.1 Å². The van der Waals surface area contributed by atoms with Gasteiger partial charge >= 0.3 is 0 Å². The smallest absolute Gasteiger partial charge is 0 e. The summed E-state index contributed by atoms with van der Waals surface area (Å²) in [6.07, 6.45) is 0. The van der Waals surface area contributed by atoms with Crippen LogP contribution in [0.5, 0.6) is 0 Å². The fraction of sp³-hybridized carbons (Fsp3) is 0.0769. The van der Waals surface area contributed by atoms with E-state index in [1.807, 2.05) is 6.07 Å². The summed E-state index contributed by atoms with van der Waals surface area (Å²) in [6, 6.07) is 18.9. The minimum atomic E-state index is 0. The van der Waals surface area contributed by atoms with Gasteiger partial charge in [-0.05, 0) is 23.6 Å². The van der Waals surface area contributed by atoms with Crippen molar-refractivity contribution in [2.75, 3.05) is 0 Å². The summed E-state index contributed by atoms with van der Waals surface area (Å²) in [7, 11) is 0. The Bertz CT molecular complexity index is 393. The van der Waals surface area contributed by atoms with Crippen molar-refractivity contribution in [3.63, 3.8) is 0 Å². The maximum atomic E-state index is 2.16. The Morgan fingerprint density at radius 2 is 1.38 bits per heavy atom. The second kappa shape index (κ2) is 3.44. The van der Waals surface area contributed by atoms with Crippen LogP contribution in [0.15, 0.2) is 54.6 Å². The Labute approximate surface area is 80.3 Å². The second-order valence-corrected chi connectivity index (χ2v) is 3.18. The average molecular weight is 171 g/mol. The van der Waals surface area contributed by atoms with Gasteiger partial charge in [0.25, 0.3) is 0 Å². The van der Waals surface area contributed by atoms with Gasteiger partial charge in [0.15, 0.2) is 0 Å². The molecule has 0 spiro atoms. The van der Waals surface area contributed by atoms with Crippen LogP contribution in [0.3, 0.4) is 0 Å². The van der Waals surface area contributed by atoms with Crippen molar-refractivity contribution in [1.82, 2.24) is 0 Å². The van der Waals surface area contributed by atoms with E-state index in [9.17, 15) is 0 Å². The maximum absolute atomic E-state index is 2.16. The summed E-state index contributed by atoms with van der Waals surface area (Å²) in [6.45, 7) is 2.14. The van der Waals surface area contributed by atoms with Crippen molar-refractivity contribution in [3.8, 4) is 11.1 Å². The van der Waals surface area contributed by atoms with Gasteiger partial charge in [0.1, 0.15) is 0 Å². The van der Waals surface area contributed by atoms with Crippen molar-refractivity contribution in [2.45, 2.75) is 6.92 Å². The summed E-state index contributed by atoms with van der Waals surface area (Å²) in [5, 5.41) is 0. The second-order valence-electron chi connectivity index (χ2n) is 3.18. The van der Waals surface area contributed by atoms with E-state index in [1.54, 1.807) is 0 Å². The van der Waals surface area contributed by atoms with Crippen molar-refractivity contribution < 1.29 is 1.43 Å². The Morgan fingerprint density at radius 3 is 2.08 bits per heavy atom. The van der Waals surface area contributed by atoms with E-state index >= 15 is 0 Å². The first-order valence-corrected chi connectivity index (χ1v) is 4.49. The summed E-state index contributed by atoms with van der Waals surface area (Å²) in [4.78, 5) is 0. The van der Waals surface area contributed by atoms with Gasteiger partial charge in [-0.1, -0.05) is 54.6 Å². The summed E-state index contributed by atoms with van der Waals surface area (Å²) in [5.41, 5.74) is 3.94. The lowest BCUT2D eigenvalue weighted by Gasteiger charge is -2.04. The Hall–Kier alpha value is -1.56. The van der Waals surface area contributed by atoms with Crippen molar-refractivity contribution in [2.24, 2.45) is 0 Å². The number of rotatable bonds is 1. The highest BCUT2D eigenvalue weighted by Crippen LogP contribution is 2.21. The molecular formula is C13H14. The molecule has 0 unspecified atom stereocenters. The van der Waals surface area contributed by atoms with Gasteiger partial charge in [0.2, 0.25) is 0 Å². The van der Waals surface area contributed by atoms with Crippen LogP contribution in [0.1, 0.15) is 6.99 Å². The quantitative estimate of drug-likeness (QED) is 0.610. The Kier molecular flexibility index (Phi) is 2.13. The molecule has 13 heavy (non-hydrogen) atoms. The monoisotopic (exact) mass is 171 g/mol. The molecule has 2 aromatic rings. The van der Waals surface area contributed by atoms with Crippen molar-refractivity contribution in [3.05, 3.63) is 60.2 Å². The van der Waals surface area contributed by atoms with E-state index in [2.05, 4.69) is 55.5 Å². The molecule has 0 bridgehead atoms. The number of benzene rings is 2.